The maximum absolute atomic E-state index is 12.9. The second kappa shape index (κ2) is 5.81. The minimum absolute atomic E-state index is 0.0494. The summed E-state index contributed by atoms with van der Waals surface area (Å²) in [6.45, 7) is 4.88. The van der Waals surface area contributed by atoms with E-state index in [4.69, 9.17) is 14.0 Å². The first-order valence-electron chi connectivity index (χ1n) is 8.17. The van der Waals surface area contributed by atoms with Crippen LogP contribution in [-0.4, -0.2) is 34.3 Å². The van der Waals surface area contributed by atoms with Gasteiger partial charge in [-0.1, -0.05) is 19.0 Å². The molecule has 2 aliphatic heterocycles. The summed E-state index contributed by atoms with van der Waals surface area (Å²) in [5, 5.41) is 4.08. The molecule has 1 atom stereocenters. The lowest BCUT2D eigenvalue weighted by molar-refractivity contribution is 0.0728. The molecule has 7 heteroatoms. The molecule has 24 heavy (non-hydrogen) atoms. The Morgan fingerprint density at radius 1 is 1.29 bits per heavy atom. The van der Waals surface area contributed by atoms with Gasteiger partial charge in [0.15, 0.2) is 17.3 Å². The summed E-state index contributed by atoms with van der Waals surface area (Å²) in [7, 11) is 0. The van der Waals surface area contributed by atoms with Crippen LogP contribution in [0.5, 0.6) is 11.5 Å². The third kappa shape index (κ3) is 2.50. The molecule has 0 radical (unpaired) electrons. The fraction of sp³-hybridized carbons (Fsp3) is 0.471. The van der Waals surface area contributed by atoms with Gasteiger partial charge < -0.3 is 18.9 Å². The molecule has 2 aliphatic rings. The fourth-order valence-corrected chi connectivity index (χ4v) is 3.09. The Morgan fingerprint density at radius 2 is 2.12 bits per heavy atom. The molecule has 4 rings (SSSR count). The standard InChI is InChI=1S/C17H19N3O4/c1-10(2)16-18-15(19-24-16)12-4-3-7-20(12)17(21)11-5-6-13-14(8-11)23-9-22-13/h5-6,8,10,12H,3-4,7,9H2,1-2H3/t12-/m1/s1. The minimum Gasteiger partial charge on any atom is -0.454 e. The predicted molar refractivity (Wildman–Crippen MR) is 84.0 cm³/mol. The zero-order valence-electron chi connectivity index (χ0n) is 13.7. The van der Waals surface area contributed by atoms with Crippen LogP contribution in [0.2, 0.25) is 0 Å². The molecule has 0 spiro atoms. The molecule has 1 aromatic heterocycles. The summed E-state index contributed by atoms with van der Waals surface area (Å²) in [5.74, 6) is 2.59. The number of carbonyl (C=O) groups is 1. The third-order valence-corrected chi connectivity index (χ3v) is 4.38. The van der Waals surface area contributed by atoms with Crippen molar-refractivity contribution in [3.63, 3.8) is 0 Å². The smallest absolute Gasteiger partial charge is 0.254 e. The maximum Gasteiger partial charge on any atom is 0.254 e. The summed E-state index contributed by atoms with van der Waals surface area (Å²) in [6, 6.07) is 5.13. The van der Waals surface area contributed by atoms with Gasteiger partial charge in [-0.2, -0.15) is 4.98 Å². The topological polar surface area (TPSA) is 77.7 Å². The predicted octanol–water partition coefficient (Wildman–Crippen LogP) is 2.90. The maximum atomic E-state index is 12.9. The monoisotopic (exact) mass is 329 g/mol. The van der Waals surface area contributed by atoms with Crippen molar-refractivity contribution in [2.24, 2.45) is 0 Å². The van der Waals surface area contributed by atoms with Crippen LogP contribution in [0, 0.1) is 0 Å². The van der Waals surface area contributed by atoms with Crippen molar-refractivity contribution < 1.29 is 18.8 Å². The molecule has 0 aliphatic carbocycles. The van der Waals surface area contributed by atoms with Gasteiger partial charge in [-0.05, 0) is 31.0 Å². The Hall–Kier alpha value is -2.57. The molecule has 3 heterocycles. The van der Waals surface area contributed by atoms with Crippen molar-refractivity contribution in [3.8, 4) is 11.5 Å². The summed E-state index contributed by atoms with van der Waals surface area (Å²) in [4.78, 5) is 19.2. The summed E-state index contributed by atoms with van der Waals surface area (Å²) < 4.78 is 16.0. The van der Waals surface area contributed by atoms with Crippen molar-refractivity contribution in [3.05, 3.63) is 35.5 Å². The van der Waals surface area contributed by atoms with E-state index in [-0.39, 0.29) is 24.7 Å². The largest absolute Gasteiger partial charge is 0.454 e. The number of fused-ring (bicyclic) bond motifs is 1. The lowest BCUT2D eigenvalue weighted by Gasteiger charge is -2.22. The molecule has 2 aromatic rings. The summed E-state index contributed by atoms with van der Waals surface area (Å²) in [5.41, 5.74) is 0.582. The van der Waals surface area contributed by atoms with E-state index in [0.29, 0.717) is 35.3 Å². The average molecular weight is 329 g/mol. The van der Waals surface area contributed by atoms with E-state index in [1.54, 1.807) is 18.2 Å². The van der Waals surface area contributed by atoms with Gasteiger partial charge in [-0.15, -0.1) is 0 Å². The number of likely N-dealkylation sites (tertiary alicyclic amines) is 1. The molecule has 1 fully saturated rings. The minimum atomic E-state index is -0.140. The SMILES string of the molecule is CC(C)c1nc([C@H]2CCCN2C(=O)c2ccc3c(c2)OCO3)no1. The Labute approximate surface area is 139 Å². The second-order valence-electron chi connectivity index (χ2n) is 6.37. The van der Waals surface area contributed by atoms with Crippen LogP contribution in [-0.2, 0) is 0 Å². The number of ether oxygens (including phenoxy) is 2. The number of hydrogen-bond donors (Lipinski definition) is 0. The quantitative estimate of drug-likeness (QED) is 0.861. The van der Waals surface area contributed by atoms with E-state index in [1.165, 1.54) is 0 Å². The normalized spacial score (nSPS) is 19.3. The highest BCUT2D eigenvalue weighted by molar-refractivity contribution is 5.95. The van der Waals surface area contributed by atoms with Crippen LogP contribution < -0.4 is 9.47 Å². The van der Waals surface area contributed by atoms with Crippen LogP contribution in [0.4, 0.5) is 0 Å². The lowest BCUT2D eigenvalue weighted by Crippen LogP contribution is -2.31. The van der Waals surface area contributed by atoms with Crippen LogP contribution >= 0.6 is 0 Å². The van der Waals surface area contributed by atoms with E-state index in [2.05, 4.69) is 10.1 Å². The van der Waals surface area contributed by atoms with Crippen molar-refractivity contribution >= 4 is 5.91 Å². The fourth-order valence-electron chi connectivity index (χ4n) is 3.09. The number of rotatable bonds is 3. The molecule has 126 valence electrons. The first kappa shape index (κ1) is 15.0. The molecule has 1 amide bonds. The van der Waals surface area contributed by atoms with Gasteiger partial charge in [0.2, 0.25) is 12.7 Å². The molecule has 0 saturated carbocycles. The Kier molecular flexibility index (Phi) is 3.63. The molecule has 0 N–H and O–H groups in total. The van der Waals surface area contributed by atoms with Gasteiger partial charge >= 0.3 is 0 Å². The van der Waals surface area contributed by atoms with Crippen LogP contribution in [0.3, 0.4) is 0 Å². The number of nitrogens with zero attached hydrogens (tertiary/aromatic N) is 3. The molecular weight excluding hydrogens is 310 g/mol. The van der Waals surface area contributed by atoms with Crippen LogP contribution in [0.25, 0.3) is 0 Å². The highest BCUT2D eigenvalue weighted by Gasteiger charge is 2.34. The van der Waals surface area contributed by atoms with E-state index < -0.39 is 0 Å². The van der Waals surface area contributed by atoms with E-state index in [0.717, 1.165) is 12.8 Å². The molecule has 1 saturated heterocycles. The van der Waals surface area contributed by atoms with Crippen molar-refractivity contribution in [1.29, 1.82) is 0 Å². The number of benzene rings is 1. The van der Waals surface area contributed by atoms with Crippen molar-refractivity contribution in [2.75, 3.05) is 13.3 Å². The van der Waals surface area contributed by atoms with Gasteiger partial charge in [0.25, 0.3) is 5.91 Å². The number of hydrogen-bond acceptors (Lipinski definition) is 6. The van der Waals surface area contributed by atoms with E-state index in [9.17, 15) is 4.79 Å². The van der Waals surface area contributed by atoms with E-state index >= 15 is 0 Å². The lowest BCUT2D eigenvalue weighted by atomic mass is 10.1. The van der Waals surface area contributed by atoms with Crippen molar-refractivity contribution in [1.82, 2.24) is 15.0 Å². The third-order valence-electron chi connectivity index (χ3n) is 4.38. The van der Waals surface area contributed by atoms with E-state index in [1.807, 2.05) is 18.7 Å². The Balaban J connectivity index is 1.58. The summed E-state index contributed by atoms with van der Waals surface area (Å²) in [6.07, 6.45) is 1.76. The Morgan fingerprint density at radius 3 is 2.92 bits per heavy atom. The number of aromatic nitrogens is 2. The first-order valence-corrected chi connectivity index (χ1v) is 8.17. The van der Waals surface area contributed by atoms with Crippen LogP contribution in [0.1, 0.15) is 60.7 Å². The zero-order chi connectivity index (χ0) is 16.7. The molecule has 7 nitrogen and oxygen atoms in total. The summed E-state index contributed by atoms with van der Waals surface area (Å²) >= 11 is 0. The van der Waals surface area contributed by atoms with Crippen molar-refractivity contribution in [2.45, 2.75) is 38.6 Å². The molecule has 0 unspecified atom stereocenters. The highest BCUT2D eigenvalue weighted by atomic mass is 16.7. The molecule has 0 bridgehead atoms. The van der Waals surface area contributed by atoms with Crippen LogP contribution in [0.15, 0.2) is 22.7 Å². The van der Waals surface area contributed by atoms with Gasteiger partial charge in [-0.25, -0.2) is 0 Å². The van der Waals surface area contributed by atoms with Gasteiger partial charge in [0.1, 0.15) is 0 Å². The number of amides is 1. The first-order chi connectivity index (χ1) is 11.6. The molecule has 1 aromatic carbocycles. The second-order valence-corrected chi connectivity index (χ2v) is 6.37. The average Bonchev–Trinajstić information content (AvgIpc) is 3.31. The van der Waals surface area contributed by atoms with Gasteiger partial charge in [0, 0.05) is 18.0 Å². The van der Waals surface area contributed by atoms with Gasteiger partial charge in [0.05, 0.1) is 6.04 Å². The van der Waals surface area contributed by atoms with Gasteiger partial charge in [-0.3, -0.25) is 4.79 Å². The number of carbonyl (C=O) groups excluding carboxylic acids is 1. The highest BCUT2D eigenvalue weighted by Crippen LogP contribution is 2.36. The Bertz CT molecular complexity index is 771. The molecular formula is C17H19N3O4. The zero-order valence-corrected chi connectivity index (χ0v) is 13.7.